The molecule has 0 atom stereocenters. The maximum atomic E-state index is 12.1. The minimum absolute atomic E-state index is 0. The van der Waals surface area contributed by atoms with Crippen LogP contribution in [0.15, 0.2) is 18.3 Å². The second-order valence-electron chi connectivity index (χ2n) is 4.03. The minimum atomic E-state index is -4.83. The van der Waals surface area contributed by atoms with Crippen LogP contribution in [0.5, 0.6) is 0 Å². The molecule has 0 amide bonds. The van der Waals surface area contributed by atoms with Gasteiger partial charge in [-0.05, 0) is 19.9 Å². The summed E-state index contributed by atoms with van der Waals surface area (Å²) in [6, 6.07) is 2.76. The molecule has 0 saturated carbocycles. The molecule has 2 nitrogen and oxygen atoms in total. The van der Waals surface area contributed by atoms with Crippen molar-refractivity contribution in [2.24, 2.45) is 0 Å². The van der Waals surface area contributed by atoms with Crippen molar-refractivity contribution in [1.29, 1.82) is 0 Å². The van der Waals surface area contributed by atoms with Crippen molar-refractivity contribution in [3.63, 3.8) is 0 Å². The molecule has 0 saturated heterocycles. The van der Waals surface area contributed by atoms with Gasteiger partial charge in [-0.15, -0.1) is 0 Å². The SMILES string of the molecule is CC(C)(O)c1ccc(C[B-](F)(F)F)cn1.[K+]. The Kier molecular flexibility index (Phi) is 6.20. The maximum absolute atomic E-state index is 12.1. The van der Waals surface area contributed by atoms with Crippen LogP contribution in [0.1, 0.15) is 25.1 Å². The van der Waals surface area contributed by atoms with Crippen molar-refractivity contribution in [3.05, 3.63) is 29.6 Å². The average Bonchev–Trinajstić information content (AvgIpc) is 2.00. The van der Waals surface area contributed by atoms with E-state index in [-0.39, 0.29) is 56.9 Å². The Balaban J connectivity index is 0.00000225. The first-order valence-corrected chi connectivity index (χ1v) is 4.57. The van der Waals surface area contributed by atoms with Crippen LogP contribution >= 0.6 is 0 Å². The number of nitrogens with zero attached hydrogens (tertiary/aromatic N) is 1. The van der Waals surface area contributed by atoms with Gasteiger partial charge < -0.3 is 18.1 Å². The molecule has 16 heavy (non-hydrogen) atoms. The summed E-state index contributed by atoms with van der Waals surface area (Å²) in [6.45, 7) is -1.77. The molecule has 0 radical (unpaired) electrons. The molecule has 84 valence electrons. The smallest absolute Gasteiger partial charge is 0.449 e. The predicted octanol–water partition coefficient (Wildman–Crippen LogP) is -0.758. The first kappa shape index (κ1) is 16.6. The van der Waals surface area contributed by atoms with Crippen LogP contribution in [0.3, 0.4) is 0 Å². The van der Waals surface area contributed by atoms with E-state index in [2.05, 4.69) is 4.98 Å². The number of pyridine rings is 1. The van der Waals surface area contributed by atoms with Crippen LogP contribution in [-0.2, 0) is 11.9 Å². The zero-order valence-corrected chi connectivity index (χ0v) is 12.7. The number of halogens is 3. The topological polar surface area (TPSA) is 33.1 Å². The Hall–Kier alpha value is 0.601. The molecule has 1 rings (SSSR count). The third kappa shape index (κ3) is 5.79. The third-order valence-corrected chi connectivity index (χ3v) is 1.92. The molecule has 1 heterocycles. The van der Waals surface area contributed by atoms with E-state index in [1.165, 1.54) is 26.0 Å². The van der Waals surface area contributed by atoms with Crippen molar-refractivity contribution in [1.82, 2.24) is 4.98 Å². The van der Waals surface area contributed by atoms with E-state index in [0.29, 0.717) is 5.69 Å². The van der Waals surface area contributed by atoms with Crippen LogP contribution in [0.25, 0.3) is 0 Å². The summed E-state index contributed by atoms with van der Waals surface area (Å²) < 4.78 is 36.2. The molecule has 0 aliphatic heterocycles. The standard InChI is InChI=1S/C9H12BF3NO.K/c1-9(2,15)8-4-3-7(6-14-8)5-10(11,12)13;/h3-4,6,15H,5H2,1-2H3;/q-1;+1. The average molecular weight is 257 g/mol. The van der Waals surface area contributed by atoms with Gasteiger partial charge in [0, 0.05) is 6.20 Å². The summed E-state index contributed by atoms with van der Waals surface area (Å²) in [4.78, 5) is 3.79. The van der Waals surface area contributed by atoms with E-state index in [0.717, 1.165) is 6.20 Å². The largest absolute Gasteiger partial charge is 1.00 e. The molecule has 0 fully saturated rings. The van der Waals surface area contributed by atoms with Crippen LogP contribution in [0.4, 0.5) is 12.9 Å². The molecule has 0 aliphatic rings. The van der Waals surface area contributed by atoms with Gasteiger partial charge >= 0.3 is 58.4 Å². The predicted molar refractivity (Wildman–Crippen MR) is 52.3 cm³/mol. The molecular weight excluding hydrogens is 245 g/mol. The summed E-state index contributed by atoms with van der Waals surface area (Å²) in [7, 11) is 0. The van der Waals surface area contributed by atoms with E-state index in [1.54, 1.807) is 0 Å². The van der Waals surface area contributed by atoms with Crippen molar-refractivity contribution in [3.8, 4) is 0 Å². The van der Waals surface area contributed by atoms with Gasteiger partial charge in [0.05, 0.1) is 5.69 Å². The van der Waals surface area contributed by atoms with Gasteiger partial charge in [0.1, 0.15) is 5.60 Å². The summed E-state index contributed by atoms with van der Waals surface area (Å²) in [5, 5.41) is 9.53. The van der Waals surface area contributed by atoms with Gasteiger partial charge in [-0.25, -0.2) is 0 Å². The zero-order valence-electron chi connectivity index (χ0n) is 9.54. The fraction of sp³-hybridized carbons (Fsp3) is 0.444. The molecule has 0 aliphatic carbocycles. The first-order valence-electron chi connectivity index (χ1n) is 4.57. The van der Waals surface area contributed by atoms with Gasteiger partial charge in [-0.1, -0.05) is 17.9 Å². The quantitative estimate of drug-likeness (QED) is 0.722. The Morgan fingerprint density at radius 2 is 1.88 bits per heavy atom. The maximum Gasteiger partial charge on any atom is 1.00 e. The van der Waals surface area contributed by atoms with Crippen LogP contribution < -0.4 is 51.4 Å². The molecule has 0 spiro atoms. The van der Waals surface area contributed by atoms with E-state index >= 15 is 0 Å². The van der Waals surface area contributed by atoms with E-state index < -0.39 is 18.9 Å². The van der Waals surface area contributed by atoms with E-state index in [9.17, 15) is 18.1 Å². The third-order valence-electron chi connectivity index (χ3n) is 1.92. The Morgan fingerprint density at radius 3 is 2.19 bits per heavy atom. The van der Waals surface area contributed by atoms with Crippen LogP contribution in [-0.4, -0.2) is 17.1 Å². The first-order chi connectivity index (χ1) is 6.68. The molecular formula is C9H12BF3KNO. The summed E-state index contributed by atoms with van der Waals surface area (Å²) >= 11 is 0. The number of rotatable bonds is 3. The molecule has 0 bridgehead atoms. The normalized spacial score (nSPS) is 12.1. The minimum Gasteiger partial charge on any atom is -0.449 e. The van der Waals surface area contributed by atoms with Crippen LogP contribution in [0.2, 0.25) is 0 Å². The summed E-state index contributed by atoms with van der Waals surface area (Å²) in [5.74, 6) is 0. The second kappa shape index (κ2) is 5.97. The fourth-order valence-electron chi connectivity index (χ4n) is 1.17. The van der Waals surface area contributed by atoms with E-state index in [1.807, 2.05) is 0 Å². The van der Waals surface area contributed by atoms with Crippen molar-refractivity contribution < 1.29 is 69.4 Å². The monoisotopic (exact) mass is 257 g/mol. The van der Waals surface area contributed by atoms with Crippen molar-refractivity contribution in [2.45, 2.75) is 25.8 Å². The fourth-order valence-corrected chi connectivity index (χ4v) is 1.17. The van der Waals surface area contributed by atoms with Gasteiger partial charge in [-0.3, -0.25) is 4.98 Å². The Bertz CT molecular complexity index is 334. The van der Waals surface area contributed by atoms with Crippen molar-refractivity contribution in [2.75, 3.05) is 0 Å². The number of hydrogen-bond acceptors (Lipinski definition) is 2. The van der Waals surface area contributed by atoms with Crippen LogP contribution in [0, 0.1) is 0 Å². The molecule has 0 unspecified atom stereocenters. The molecule has 1 aromatic rings. The molecule has 1 N–H and O–H groups in total. The number of hydrogen-bond donors (Lipinski definition) is 1. The van der Waals surface area contributed by atoms with Gasteiger partial charge in [0.15, 0.2) is 0 Å². The van der Waals surface area contributed by atoms with Crippen molar-refractivity contribution >= 4 is 6.98 Å². The molecule has 1 aromatic heterocycles. The van der Waals surface area contributed by atoms with Gasteiger partial charge in [-0.2, -0.15) is 0 Å². The molecule has 7 heteroatoms. The second-order valence-corrected chi connectivity index (χ2v) is 4.03. The van der Waals surface area contributed by atoms with Gasteiger partial charge in [0.25, 0.3) is 0 Å². The Labute approximate surface area is 135 Å². The summed E-state index contributed by atoms with van der Waals surface area (Å²) in [6.07, 6.45) is 0.224. The molecule has 0 aromatic carbocycles. The Morgan fingerprint density at radius 1 is 1.31 bits per heavy atom. The summed E-state index contributed by atoms with van der Waals surface area (Å²) in [5.41, 5.74) is -0.640. The zero-order chi connectivity index (χ0) is 11.7. The van der Waals surface area contributed by atoms with E-state index in [4.69, 9.17) is 0 Å². The van der Waals surface area contributed by atoms with Gasteiger partial charge in [0.2, 0.25) is 0 Å². The number of aliphatic hydroxyl groups is 1. The number of aromatic nitrogens is 1.